The van der Waals surface area contributed by atoms with Gasteiger partial charge in [0.05, 0.1) is 16.9 Å². The van der Waals surface area contributed by atoms with Crippen LogP contribution in [0.25, 0.3) is 0 Å². The lowest BCUT2D eigenvalue weighted by Crippen LogP contribution is -2.53. The maximum absolute atomic E-state index is 13.1. The number of rotatable bonds is 2. The predicted molar refractivity (Wildman–Crippen MR) is 86.6 cm³/mol. The third-order valence-electron chi connectivity index (χ3n) is 4.50. The van der Waals surface area contributed by atoms with E-state index in [-0.39, 0.29) is 11.4 Å². The number of nitrogens with one attached hydrogen (secondary N) is 3. The number of imide groups is 1. The van der Waals surface area contributed by atoms with Gasteiger partial charge in [-0.1, -0.05) is 0 Å². The Kier molecular flexibility index (Phi) is 4.39. The summed E-state index contributed by atoms with van der Waals surface area (Å²) in [5, 5.41) is 8.04. The number of halogens is 3. The van der Waals surface area contributed by atoms with Crippen LogP contribution in [0.15, 0.2) is 18.2 Å². The molecule has 10 heteroatoms. The SMILES string of the molecule is CC(=O)Nc1ccc(C(F)(F)F)cc1N1C(=O)NC2(CCNCC2)C1=O. The third-order valence-corrected chi connectivity index (χ3v) is 4.50. The van der Waals surface area contributed by atoms with Crippen LogP contribution >= 0.6 is 0 Å². The van der Waals surface area contributed by atoms with E-state index >= 15 is 0 Å². The van der Waals surface area contributed by atoms with Crippen molar-refractivity contribution >= 4 is 29.2 Å². The number of amides is 4. The highest BCUT2D eigenvalue weighted by atomic mass is 19.4. The molecule has 140 valence electrons. The molecule has 1 spiro atoms. The summed E-state index contributed by atoms with van der Waals surface area (Å²) in [7, 11) is 0. The largest absolute Gasteiger partial charge is 0.416 e. The van der Waals surface area contributed by atoms with Gasteiger partial charge in [0.1, 0.15) is 5.54 Å². The summed E-state index contributed by atoms with van der Waals surface area (Å²) in [5.74, 6) is -1.15. The van der Waals surface area contributed by atoms with E-state index in [1.54, 1.807) is 0 Å². The molecule has 7 nitrogen and oxygen atoms in total. The molecule has 3 N–H and O–H groups in total. The molecule has 2 saturated heterocycles. The molecule has 0 radical (unpaired) electrons. The second-order valence-electron chi connectivity index (χ2n) is 6.31. The number of anilines is 2. The zero-order valence-corrected chi connectivity index (χ0v) is 13.9. The standard InChI is InChI=1S/C16H17F3N4O3/c1-9(24)21-11-3-2-10(16(17,18)19)8-12(11)23-13(25)15(22-14(23)26)4-6-20-7-5-15/h2-3,8,20H,4-7H2,1H3,(H,21,24)(H,22,26). The van der Waals surface area contributed by atoms with Gasteiger partial charge in [0, 0.05) is 6.92 Å². The van der Waals surface area contributed by atoms with Crippen LogP contribution < -0.4 is 20.9 Å². The number of urea groups is 1. The van der Waals surface area contributed by atoms with Crippen molar-refractivity contribution in [2.45, 2.75) is 31.5 Å². The lowest BCUT2D eigenvalue weighted by Gasteiger charge is -2.31. The van der Waals surface area contributed by atoms with E-state index < -0.39 is 35.1 Å². The molecule has 0 aromatic heterocycles. The monoisotopic (exact) mass is 370 g/mol. The van der Waals surface area contributed by atoms with Gasteiger partial charge in [0.2, 0.25) is 5.91 Å². The van der Waals surface area contributed by atoms with Crippen molar-refractivity contribution in [2.24, 2.45) is 0 Å². The highest BCUT2D eigenvalue weighted by Gasteiger charge is 2.52. The number of benzene rings is 1. The van der Waals surface area contributed by atoms with Gasteiger partial charge >= 0.3 is 12.2 Å². The molecule has 0 aliphatic carbocycles. The molecular formula is C16H17F3N4O3. The van der Waals surface area contributed by atoms with Gasteiger partial charge in [0.25, 0.3) is 5.91 Å². The van der Waals surface area contributed by atoms with E-state index in [2.05, 4.69) is 16.0 Å². The van der Waals surface area contributed by atoms with E-state index in [4.69, 9.17) is 0 Å². The minimum atomic E-state index is -4.66. The molecule has 26 heavy (non-hydrogen) atoms. The molecule has 4 amide bonds. The molecule has 2 aliphatic rings. The van der Waals surface area contributed by atoms with Crippen LogP contribution in [0.1, 0.15) is 25.3 Å². The molecule has 2 heterocycles. The fourth-order valence-corrected chi connectivity index (χ4v) is 3.22. The smallest absolute Gasteiger partial charge is 0.325 e. The van der Waals surface area contributed by atoms with Crippen molar-refractivity contribution in [1.29, 1.82) is 0 Å². The summed E-state index contributed by atoms with van der Waals surface area (Å²) in [6, 6.07) is 1.71. The van der Waals surface area contributed by atoms with E-state index in [9.17, 15) is 27.6 Å². The van der Waals surface area contributed by atoms with E-state index in [0.29, 0.717) is 36.9 Å². The highest BCUT2D eigenvalue weighted by Crippen LogP contribution is 2.39. The number of hydrogen-bond acceptors (Lipinski definition) is 4. The summed E-state index contributed by atoms with van der Waals surface area (Å²) < 4.78 is 39.3. The molecule has 0 atom stereocenters. The Morgan fingerprint density at radius 1 is 1.23 bits per heavy atom. The van der Waals surface area contributed by atoms with Gasteiger partial charge in [0.15, 0.2) is 0 Å². The first-order chi connectivity index (χ1) is 12.1. The van der Waals surface area contributed by atoms with Crippen molar-refractivity contribution in [2.75, 3.05) is 23.3 Å². The van der Waals surface area contributed by atoms with Gasteiger partial charge in [-0.15, -0.1) is 0 Å². The lowest BCUT2D eigenvalue weighted by molar-refractivity contribution is -0.137. The Balaban J connectivity index is 2.07. The topological polar surface area (TPSA) is 90.5 Å². The molecule has 1 aromatic rings. The number of carbonyl (C=O) groups excluding carboxylic acids is 3. The number of hydrogen-bond donors (Lipinski definition) is 3. The fourth-order valence-electron chi connectivity index (χ4n) is 3.22. The molecule has 0 saturated carbocycles. The highest BCUT2D eigenvalue weighted by molar-refractivity contribution is 6.25. The summed E-state index contributed by atoms with van der Waals surface area (Å²) in [6.07, 6.45) is -3.99. The molecule has 0 bridgehead atoms. The predicted octanol–water partition coefficient (Wildman–Crippen LogP) is 1.84. The molecule has 3 rings (SSSR count). The molecule has 1 aromatic carbocycles. The number of carbonyl (C=O) groups is 3. The van der Waals surface area contributed by atoms with Gasteiger partial charge < -0.3 is 16.0 Å². The molecule has 0 unspecified atom stereocenters. The van der Waals surface area contributed by atoms with Crippen LogP contribution in [0.3, 0.4) is 0 Å². The Morgan fingerprint density at radius 2 is 1.88 bits per heavy atom. The minimum Gasteiger partial charge on any atom is -0.325 e. The number of nitrogens with zero attached hydrogens (tertiary/aromatic N) is 1. The Labute approximate surface area is 146 Å². The zero-order chi connectivity index (χ0) is 19.1. The second kappa shape index (κ2) is 6.27. The summed E-state index contributed by atoms with van der Waals surface area (Å²) in [4.78, 5) is 37.4. The van der Waals surface area contributed by atoms with Crippen molar-refractivity contribution in [1.82, 2.24) is 10.6 Å². The van der Waals surface area contributed by atoms with Crippen molar-refractivity contribution in [3.63, 3.8) is 0 Å². The third kappa shape index (κ3) is 3.12. The number of alkyl halides is 3. The average Bonchev–Trinajstić information content (AvgIpc) is 2.77. The van der Waals surface area contributed by atoms with Crippen LogP contribution in [-0.4, -0.2) is 36.5 Å². The second-order valence-corrected chi connectivity index (χ2v) is 6.31. The fraction of sp³-hybridized carbons (Fsp3) is 0.438. The van der Waals surface area contributed by atoms with Gasteiger partial charge in [-0.05, 0) is 44.1 Å². The molecular weight excluding hydrogens is 353 g/mol. The number of piperidine rings is 1. The Morgan fingerprint density at radius 3 is 2.46 bits per heavy atom. The Bertz CT molecular complexity index is 772. The summed E-state index contributed by atoms with van der Waals surface area (Å²) in [6.45, 7) is 2.18. The van der Waals surface area contributed by atoms with E-state index in [0.717, 1.165) is 12.1 Å². The van der Waals surface area contributed by atoms with E-state index in [1.165, 1.54) is 6.92 Å². The van der Waals surface area contributed by atoms with Crippen LogP contribution in [0, 0.1) is 0 Å². The van der Waals surface area contributed by atoms with Crippen molar-refractivity contribution in [3.05, 3.63) is 23.8 Å². The quantitative estimate of drug-likeness (QED) is 0.693. The minimum absolute atomic E-state index is 0.0417. The average molecular weight is 370 g/mol. The molecule has 2 aliphatic heterocycles. The first kappa shape index (κ1) is 18.2. The van der Waals surface area contributed by atoms with Crippen molar-refractivity contribution in [3.8, 4) is 0 Å². The van der Waals surface area contributed by atoms with Crippen LogP contribution in [0.5, 0.6) is 0 Å². The first-order valence-corrected chi connectivity index (χ1v) is 8.00. The van der Waals surface area contributed by atoms with Crippen LogP contribution in [0.2, 0.25) is 0 Å². The van der Waals surface area contributed by atoms with E-state index in [1.807, 2.05) is 0 Å². The van der Waals surface area contributed by atoms with Gasteiger partial charge in [-0.3, -0.25) is 9.59 Å². The summed E-state index contributed by atoms with van der Waals surface area (Å²) in [5.41, 5.74) is -2.49. The Hall–Kier alpha value is -2.62. The summed E-state index contributed by atoms with van der Waals surface area (Å²) >= 11 is 0. The lowest BCUT2D eigenvalue weighted by atomic mass is 9.88. The van der Waals surface area contributed by atoms with Gasteiger partial charge in [-0.25, -0.2) is 9.69 Å². The normalized spacial score (nSPS) is 19.6. The first-order valence-electron chi connectivity index (χ1n) is 8.00. The van der Waals surface area contributed by atoms with Crippen molar-refractivity contribution < 1.29 is 27.6 Å². The van der Waals surface area contributed by atoms with Crippen LogP contribution in [0.4, 0.5) is 29.3 Å². The zero-order valence-electron chi connectivity index (χ0n) is 13.9. The van der Waals surface area contributed by atoms with Crippen LogP contribution in [-0.2, 0) is 15.8 Å². The maximum atomic E-state index is 13.1. The van der Waals surface area contributed by atoms with Gasteiger partial charge in [-0.2, -0.15) is 13.2 Å². The maximum Gasteiger partial charge on any atom is 0.416 e. The molecule has 2 fully saturated rings.